The molecule has 2 saturated heterocycles. The van der Waals surface area contributed by atoms with E-state index in [1.807, 2.05) is 0 Å². The second kappa shape index (κ2) is 7.47. The molecule has 2 rings (SSSR count). The number of methoxy groups -OCH3 is 1. The van der Waals surface area contributed by atoms with Gasteiger partial charge in [-0.3, -0.25) is 4.79 Å². The summed E-state index contributed by atoms with van der Waals surface area (Å²) in [6.45, 7) is -0.860. The lowest BCUT2D eigenvalue weighted by Crippen LogP contribution is -2.63. The number of ketones is 1. The van der Waals surface area contributed by atoms with Crippen LogP contribution in [0.1, 0.15) is 0 Å². The molecular weight excluding hydrogens is 316 g/mol. The number of rotatable bonds is 5. The second-order valence-electron chi connectivity index (χ2n) is 5.66. The molecule has 0 bridgehead atoms. The molecular formula is C13H22O10. The molecule has 9 atom stereocenters. The fraction of sp³-hybridized carbons (Fsp3) is 0.923. The van der Waals surface area contributed by atoms with Crippen molar-refractivity contribution in [2.75, 3.05) is 20.3 Å². The van der Waals surface area contributed by atoms with E-state index in [-0.39, 0.29) is 6.61 Å². The van der Waals surface area contributed by atoms with E-state index in [2.05, 4.69) is 0 Å². The summed E-state index contributed by atoms with van der Waals surface area (Å²) in [7, 11) is 1.17. The van der Waals surface area contributed by atoms with Crippen LogP contribution < -0.4 is 0 Å². The van der Waals surface area contributed by atoms with Crippen LogP contribution in [0.15, 0.2) is 0 Å². The molecule has 0 aliphatic carbocycles. The van der Waals surface area contributed by atoms with E-state index in [1.165, 1.54) is 7.11 Å². The first-order valence-electron chi connectivity index (χ1n) is 7.18. The molecule has 2 heterocycles. The summed E-state index contributed by atoms with van der Waals surface area (Å²) in [6.07, 6.45) is -13.0. The summed E-state index contributed by atoms with van der Waals surface area (Å²) in [6, 6.07) is 0. The first-order chi connectivity index (χ1) is 10.8. The minimum atomic E-state index is -1.75. The number of hydrogen-bond donors (Lipinski definition) is 6. The van der Waals surface area contributed by atoms with E-state index in [1.54, 1.807) is 0 Å². The van der Waals surface area contributed by atoms with Crippen LogP contribution in [-0.2, 0) is 19.0 Å². The minimum absolute atomic E-state index is 0.187. The van der Waals surface area contributed by atoms with Gasteiger partial charge in [-0.1, -0.05) is 0 Å². The van der Waals surface area contributed by atoms with Crippen LogP contribution in [0, 0.1) is 0 Å². The van der Waals surface area contributed by atoms with Crippen molar-refractivity contribution < 1.29 is 49.6 Å². The van der Waals surface area contributed by atoms with Crippen molar-refractivity contribution in [3.8, 4) is 0 Å². The van der Waals surface area contributed by atoms with Crippen molar-refractivity contribution in [1.29, 1.82) is 0 Å². The average Bonchev–Trinajstić information content (AvgIpc) is 2.86. The Labute approximate surface area is 131 Å². The zero-order valence-electron chi connectivity index (χ0n) is 12.4. The number of carbonyl (C=O) groups is 1. The highest BCUT2D eigenvalue weighted by Crippen LogP contribution is 2.26. The molecule has 0 amide bonds. The van der Waals surface area contributed by atoms with Gasteiger partial charge in [0.2, 0.25) is 0 Å². The molecule has 0 aromatic heterocycles. The normalized spacial score (nSPS) is 45.9. The summed E-state index contributed by atoms with van der Waals surface area (Å²) < 4.78 is 15.3. The molecule has 10 nitrogen and oxygen atoms in total. The number of aliphatic hydroxyl groups is 6. The predicted molar refractivity (Wildman–Crippen MR) is 71.3 cm³/mol. The molecule has 0 aromatic carbocycles. The molecule has 0 unspecified atom stereocenters. The zero-order valence-corrected chi connectivity index (χ0v) is 12.4. The van der Waals surface area contributed by atoms with Crippen LogP contribution in [0.4, 0.5) is 0 Å². The molecule has 6 N–H and O–H groups in total. The Morgan fingerprint density at radius 1 is 1.13 bits per heavy atom. The van der Waals surface area contributed by atoms with Crippen LogP contribution in [0.3, 0.4) is 0 Å². The standard InChI is InChI=1S/C13H22O10/c1-21-12(13-6(16)4(15)3-22-13)10(20)11-9(19)8(18)7(17)5(2-14)23-11/h4-9,11-19H,2-3H2,1H3/t4-,5+,6+,7-,8-,9+,11+,12+,13+/m0/s1. The highest BCUT2D eigenvalue weighted by molar-refractivity contribution is 5.89. The third-order valence-electron chi connectivity index (χ3n) is 4.20. The van der Waals surface area contributed by atoms with Crippen molar-refractivity contribution in [2.45, 2.75) is 54.9 Å². The van der Waals surface area contributed by atoms with E-state index in [4.69, 9.17) is 19.3 Å². The molecule has 10 heteroatoms. The van der Waals surface area contributed by atoms with E-state index < -0.39 is 67.3 Å². The molecule has 2 fully saturated rings. The number of carbonyl (C=O) groups excluding carboxylic acids is 1. The van der Waals surface area contributed by atoms with Crippen LogP contribution in [0.5, 0.6) is 0 Å². The van der Waals surface area contributed by atoms with Gasteiger partial charge in [0, 0.05) is 7.11 Å². The summed E-state index contributed by atoms with van der Waals surface area (Å²) >= 11 is 0. The van der Waals surface area contributed by atoms with Gasteiger partial charge >= 0.3 is 0 Å². The second-order valence-corrected chi connectivity index (χ2v) is 5.66. The number of aliphatic hydroxyl groups excluding tert-OH is 6. The summed E-state index contributed by atoms with van der Waals surface area (Å²) in [5, 5.41) is 57.8. The van der Waals surface area contributed by atoms with Gasteiger partial charge in [-0.2, -0.15) is 0 Å². The van der Waals surface area contributed by atoms with E-state index in [0.717, 1.165) is 0 Å². The highest BCUT2D eigenvalue weighted by atomic mass is 16.6. The Bertz CT molecular complexity index is 416. The molecule has 2 aliphatic heterocycles. The Kier molecular flexibility index (Phi) is 6.05. The third-order valence-corrected chi connectivity index (χ3v) is 4.20. The van der Waals surface area contributed by atoms with Crippen molar-refractivity contribution in [1.82, 2.24) is 0 Å². The summed E-state index contributed by atoms with van der Waals surface area (Å²) in [4.78, 5) is 12.5. The average molecular weight is 338 g/mol. The minimum Gasteiger partial charge on any atom is -0.394 e. The van der Waals surface area contributed by atoms with Gasteiger partial charge in [-0.25, -0.2) is 0 Å². The zero-order chi connectivity index (χ0) is 17.3. The Morgan fingerprint density at radius 2 is 1.78 bits per heavy atom. The van der Waals surface area contributed by atoms with Crippen LogP contribution in [-0.4, -0.2) is 112 Å². The lowest BCUT2D eigenvalue weighted by molar-refractivity contribution is -0.231. The largest absolute Gasteiger partial charge is 0.394 e. The molecule has 23 heavy (non-hydrogen) atoms. The molecule has 134 valence electrons. The lowest BCUT2D eigenvalue weighted by Gasteiger charge is -2.40. The first-order valence-corrected chi connectivity index (χ1v) is 7.18. The smallest absolute Gasteiger partial charge is 0.195 e. The Balaban J connectivity index is 2.16. The summed E-state index contributed by atoms with van der Waals surface area (Å²) in [5.74, 6) is -0.845. The summed E-state index contributed by atoms with van der Waals surface area (Å²) in [5.41, 5.74) is 0. The maximum absolute atomic E-state index is 12.5. The van der Waals surface area contributed by atoms with Gasteiger partial charge in [0.25, 0.3) is 0 Å². The third kappa shape index (κ3) is 3.40. The fourth-order valence-electron chi connectivity index (χ4n) is 2.80. The monoisotopic (exact) mass is 338 g/mol. The van der Waals surface area contributed by atoms with Crippen LogP contribution in [0.2, 0.25) is 0 Å². The highest BCUT2D eigenvalue weighted by Gasteiger charge is 2.51. The molecule has 2 aliphatic rings. The van der Waals surface area contributed by atoms with Crippen LogP contribution >= 0.6 is 0 Å². The fourth-order valence-corrected chi connectivity index (χ4v) is 2.80. The maximum Gasteiger partial charge on any atom is 0.195 e. The Morgan fingerprint density at radius 3 is 2.26 bits per heavy atom. The van der Waals surface area contributed by atoms with E-state index in [0.29, 0.717) is 0 Å². The van der Waals surface area contributed by atoms with E-state index in [9.17, 15) is 30.3 Å². The van der Waals surface area contributed by atoms with Crippen molar-refractivity contribution >= 4 is 5.78 Å². The van der Waals surface area contributed by atoms with Gasteiger partial charge in [-0.15, -0.1) is 0 Å². The molecule has 0 aromatic rings. The predicted octanol–water partition coefficient (Wildman–Crippen LogP) is -4.47. The molecule has 0 radical (unpaired) electrons. The van der Waals surface area contributed by atoms with Gasteiger partial charge in [0.1, 0.15) is 54.9 Å². The Hall–Kier alpha value is -0.690. The molecule has 0 saturated carbocycles. The van der Waals surface area contributed by atoms with Crippen molar-refractivity contribution in [3.05, 3.63) is 0 Å². The van der Waals surface area contributed by atoms with Crippen molar-refractivity contribution in [2.24, 2.45) is 0 Å². The number of Topliss-reactive ketones (excluding diaryl/α,β-unsaturated/α-hetero) is 1. The van der Waals surface area contributed by atoms with E-state index >= 15 is 0 Å². The number of ether oxygens (including phenoxy) is 3. The van der Waals surface area contributed by atoms with Crippen LogP contribution in [0.25, 0.3) is 0 Å². The number of hydrogen-bond acceptors (Lipinski definition) is 10. The maximum atomic E-state index is 12.5. The van der Waals surface area contributed by atoms with Gasteiger partial charge in [-0.05, 0) is 0 Å². The van der Waals surface area contributed by atoms with Crippen molar-refractivity contribution in [3.63, 3.8) is 0 Å². The van der Waals surface area contributed by atoms with Gasteiger partial charge < -0.3 is 44.8 Å². The van der Waals surface area contributed by atoms with Gasteiger partial charge in [0.15, 0.2) is 5.78 Å². The van der Waals surface area contributed by atoms with Gasteiger partial charge in [0.05, 0.1) is 13.2 Å². The topological polar surface area (TPSA) is 166 Å². The lowest BCUT2D eigenvalue weighted by atomic mass is 9.89. The first kappa shape index (κ1) is 18.6. The molecule has 0 spiro atoms. The SMILES string of the molecule is CO[C@H](C(=O)[C@@H]1O[C@H](CO)[C@H](O)[C@H](O)[C@H]1O)[C@@H]1OC[C@H](O)[C@H]1O. The quantitative estimate of drug-likeness (QED) is 0.288.